The van der Waals surface area contributed by atoms with E-state index < -0.39 is 0 Å². The van der Waals surface area contributed by atoms with Crippen LogP contribution in [0, 0.1) is 17.3 Å². The average molecular weight is 275 g/mol. The van der Waals surface area contributed by atoms with E-state index in [1.165, 1.54) is 0 Å². The lowest BCUT2D eigenvalue weighted by molar-refractivity contribution is -0.124. The van der Waals surface area contributed by atoms with Gasteiger partial charge in [-0.25, -0.2) is 10.0 Å². The van der Waals surface area contributed by atoms with Gasteiger partial charge in [0.2, 0.25) is 0 Å². The number of amidine groups is 1. The van der Waals surface area contributed by atoms with E-state index in [1.54, 1.807) is 16.8 Å². The average Bonchev–Trinajstić information content (AvgIpc) is 2.90. The van der Waals surface area contributed by atoms with Gasteiger partial charge in [-0.3, -0.25) is 10.2 Å². The number of rotatable bonds is 5. The maximum Gasteiger partial charge on any atom is 0.298 e. The number of carbonyl (C=O) groups is 1. The van der Waals surface area contributed by atoms with Gasteiger partial charge in [0, 0.05) is 26.2 Å². The third-order valence-corrected chi connectivity index (χ3v) is 3.13. The van der Waals surface area contributed by atoms with Crippen LogP contribution in [0.5, 0.6) is 0 Å². The fraction of sp³-hybridized carbons (Fsp3) is 0.571. The predicted molar refractivity (Wildman–Crippen MR) is 80.9 cm³/mol. The van der Waals surface area contributed by atoms with E-state index in [4.69, 9.17) is 5.41 Å². The van der Waals surface area contributed by atoms with Crippen molar-refractivity contribution in [2.75, 3.05) is 13.1 Å². The molecule has 0 aliphatic carbocycles. The Bertz CT molecular complexity index is 460. The molecular weight excluding hydrogens is 254 g/mol. The lowest BCUT2D eigenvalue weighted by atomic mass is 10.2. The number of likely N-dealkylation sites (tertiary alicyclic amines) is 1. The van der Waals surface area contributed by atoms with Crippen molar-refractivity contribution in [2.45, 2.75) is 39.2 Å². The number of hydrogen-bond acceptors (Lipinski definition) is 3. The first-order valence-electron chi connectivity index (χ1n) is 6.71. The minimum Gasteiger partial charge on any atom is -0.330 e. The van der Waals surface area contributed by atoms with Gasteiger partial charge in [0.05, 0.1) is 6.04 Å². The Morgan fingerprint density at radius 1 is 1.65 bits per heavy atom. The molecule has 1 fully saturated rings. The molecule has 20 heavy (non-hydrogen) atoms. The molecule has 0 aromatic heterocycles. The van der Waals surface area contributed by atoms with Gasteiger partial charge in [0.1, 0.15) is 12.2 Å². The monoisotopic (exact) mass is 275 g/mol. The minimum absolute atomic E-state index is 0.0559. The van der Waals surface area contributed by atoms with Gasteiger partial charge in [0.25, 0.3) is 5.91 Å². The molecule has 1 amide bonds. The summed E-state index contributed by atoms with van der Waals surface area (Å²) in [6.45, 7) is 8.51. The van der Waals surface area contributed by atoms with Gasteiger partial charge in [-0.2, -0.15) is 5.10 Å². The van der Waals surface area contributed by atoms with E-state index in [0.29, 0.717) is 13.1 Å². The molecule has 0 aromatic rings. The highest BCUT2D eigenvalue weighted by molar-refractivity contribution is 5.94. The predicted octanol–water partition coefficient (Wildman–Crippen LogP) is 1.33. The summed E-state index contributed by atoms with van der Waals surface area (Å²) >= 11 is 0. The van der Waals surface area contributed by atoms with E-state index >= 15 is 0 Å². The molecule has 1 rings (SSSR count). The second-order valence-corrected chi connectivity index (χ2v) is 4.48. The second-order valence-electron chi connectivity index (χ2n) is 4.48. The van der Waals surface area contributed by atoms with Crippen molar-refractivity contribution in [2.24, 2.45) is 10.1 Å². The summed E-state index contributed by atoms with van der Waals surface area (Å²) in [5.41, 5.74) is 0. The van der Waals surface area contributed by atoms with Gasteiger partial charge < -0.3 is 4.90 Å². The van der Waals surface area contributed by atoms with Gasteiger partial charge >= 0.3 is 0 Å². The Morgan fingerprint density at radius 2 is 2.40 bits per heavy atom. The molecule has 1 aliphatic heterocycles. The van der Waals surface area contributed by atoms with Crippen LogP contribution in [-0.2, 0) is 4.79 Å². The van der Waals surface area contributed by atoms with Gasteiger partial charge in [-0.05, 0) is 25.7 Å². The fourth-order valence-corrected chi connectivity index (χ4v) is 2.26. The lowest BCUT2D eigenvalue weighted by Crippen LogP contribution is -2.39. The van der Waals surface area contributed by atoms with Gasteiger partial charge in [-0.1, -0.05) is 12.8 Å². The van der Waals surface area contributed by atoms with Crippen LogP contribution in [0.1, 0.15) is 33.1 Å². The molecule has 0 radical (unpaired) electrons. The Balaban J connectivity index is 2.79. The highest BCUT2D eigenvalue weighted by atomic mass is 16.2. The van der Waals surface area contributed by atoms with Crippen molar-refractivity contribution in [3.8, 4) is 11.8 Å². The summed E-state index contributed by atoms with van der Waals surface area (Å²) in [6.07, 6.45) is 3.46. The molecule has 0 saturated carbocycles. The van der Waals surface area contributed by atoms with E-state index in [1.807, 2.05) is 6.92 Å². The Hall–Kier alpha value is -2.16. The third-order valence-electron chi connectivity index (χ3n) is 3.13. The van der Waals surface area contributed by atoms with Crippen LogP contribution in [0.2, 0.25) is 0 Å². The van der Waals surface area contributed by atoms with E-state index in [2.05, 4.69) is 28.7 Å². The number of nitrogens with one attached hydrogen (secondary N) is 1. The molecule has 1 heterocycles. The zero-order chi connectivity index (χ0) is 15.0. The first kappa shape index (κ1) is 15.9. The molecule has 0 bridgehead atoms. The molecule has 6 nitrogen and oxygen atoms in total. The summed E-state index contributed by atoms with van der Waals surface area (Å²) in [4.78, 5) is 17.5. The van der Waals surface area contributed by atoms with Crippen LogP contribution >= 0.6 is 0 Å². The standard InChI is InChI=1S/C14H21N5O/c1-4-6-13(17-11-15)19(16-3)12-8-9-18(10-12)14(20)7-5-2/h11-12,15H,3-4,6,8-10H2,1-2H3/t12-/m1/s1. The molecular formula is C14H21N5O. The molecule has 1 saturated heterocycles. The summed E-state index contributed by atoms with van der Waals surface area (Å²) < 4.78 is 0. The number of hydrogen-bond donors (Lipinski definition) is 1. The molecule has 1 N–H and O–H groups in total. The first-order chi connectivity index (χ1) is 9.67. The smallest absolute Gasteiger partial charge is 0.298 e. The lowest BCUT2D eigenvalue weighted by Gasteiger charge is -2.26. The van der Waals surface area contributed by atoms with Crippen LogP contribution in [0.15, 0.2) is 10.1 Å². The number of carbonyl (C=O) groups excluding carboxylic acids is 1. The zero-order valence-corrected chi connectivity index (χ0v) is 12.1. The zero-order valence-electron chi connectivity index (χ0n) is 12.1. The minimum atomic E-state index is -0.153. The fourth-order valence-electron chi connectivity index (χ4n) is 2.26. The summed E-state index contributed by atoms with van der Waals surface area (Å²) in [5, 5.41) is 12.9. The third kappa shape index (κ3) is 3.92. The number of aliphatic imine (C=N–C) groups is 1. The summed E-state index contributed by atoms with van der Waals surface area (Å²) in [5.74, 6) is 5.74. The molecule has 0 spiro atoms. The number of amides is 1. The molecule has 0 aromatic carbocycles. The SMILES string of the molecule is C=NN(C(CCC)=NC=N)[C@@H]1CCN(C(=O)C#CC)C1. The molecule has 6 heteroatoms. The quantitative estimate of drug-likeness (QED) is 0.356. The Morgan fingerprint density at radius 3 is 2.95 bits per heavy atom. The summed E-state index contributed by atoms with van der Waals surface area (Å²) in [7, 11) is 0. The van der Waals surface area contributed by atoms with Crippen molar-refractivity contribution in [3.63, 3.8) is 0 Å². The van der Waals surface area contributed by atoms with Crippen molar-refractivity contribution >= 4 is 24.8 Å². The van der Waals surface area contributed by atoms with Gasteiger partial charge in [-0.15, -0.1) is 0 Å². The van der Waals surface area contributed by atoms with E-state index in [-0.39, 0.29) is 11.9 Å². The maximum atomic E-state index is 11.7. The second kappa shape index (κ2) is 8.10. The summed E-state index contributed by atoms with van der Waals surface area (Å²) in [6, 6.07) is 0.0559. The van der Waals surface area contributed by atoms with E-state index in [9.17, 15) is 4.79 Å². The molecule has 0 unspecified atom stereocenters. The highest BCUT2D eigenvalue weighted by Crippen LogP contribution is 2.18. The largest absolute Gasteiger partial charge is 0.330 e. The van der Waals surface area contributed by atoms with Crippen LogP contribution in [0.4, 0.5) is 0 Å². The molecule has 108 valence electrons. The van der Waals surface area contributed by atoms with Gasteiger partial charge in [0.15, 0.2) is 0 Å². The molecule has 1 aliphatic rings. The van der Waals surface area contributed by atoms with Crippen molar-refractivity contribution in [1.82, 2.24) is 9.91 Å². The number of hydrazone groups is 1. The normalized spacial score (nSPS) is 18.2. The van der Waals surface area contributed by atoms with Crippen LogP contribution in [0.3, 0.4) is 0 Å². The van der Waals surface area contributed by atoms with Crippen LogP contribution in [-0.4, -0.2) is 53.8 Å². The van der Waals surface area contributed by atoms with Crippen LogP contribution in [0.25, 0.3) is 0 Å². The first-order valence-corrected chi connectivity index (χ1v) is 6.71. The van der Waals surface area contributed by atoms with Crippen molar-refractivity contribution < 1.29 is 4.79 Å². The van der Waals surface area contributed by atoms with Crippen molar-refractivity contribution in [3.05, 3.63) is 0 Å². The Labute approximate surface area is 120 Å². The molecule has 1 atom stereocenters. The van der Waals surface area contributed by atoms with Crippen molar-refractivity contribution in [1.29, 1.82) is 5.41 Å². The number of nitrogens with zero attached hydrogens (tertiary/aromatic N) is 4. The van der Waals surface area contributed by atoms with Crippen LogP contribution < -0.4 is 0 Å². The Kier molecular flexibility index (Phi) is 6.44. The van der Waals surface area contributed by atoms with E-state index in [0.717, 1.165) is 31.4 Å². The highest BCUT2D eigenvalue weighted by Gasteiger charge is 2.31. The topological polar surface area (TPSA) is 72.1 Å². The maximum absolute atomic E-state index is 11.7.